The van der Waals surface area contributed by atoms with E-state index in [4.69, 9.17) is 4.43 Å². The van der Waals surface area contributed by atoms with E-state index in [0.29, 0.717) is 12.0 Å². The molecule has 0 spiro atoms. The Hall–Kier alpha value is -0.153. The molecule has 2 rings (SSSR count). The highest BCUT2D eigenvalue weighted by molar-refractivity contribution is 6.74. The molecule has 2 nitrogen and oxygen atoms in total. The van der Waals surface area contributed by atoms with Crippen LogP contribution in [0.5, 0.6) is 0 Å². The molecule has 2 aliphatic rings. The van der Waals surface area contributed by atoms with Crippen molar-refractivity contribution < 1.29 is 9.22 Å². The van der Waals surface area contributed by atoms with Gasteiger partial charge in [0.25, 0.3) is 0 Å². The van der Waals surface area contributed by atoms with Crippen molar-refractivity contribution in [3.05, 3.63) is 0 Å². The number of rotatable bonds is 3. The molecule has 0 aromatic carbocycles. The minimum absolute atomic E-state index is 0.0348. The first kappa shape index (κ1) is 12.3. The Morgan fingerprint density at radius 1 is 1.31 bits per heavy atom. The van der Waals surface area contributed by atoms with E-state index in [2.05, 4.69) is 33.9 Å². The quantitative estimate of drug-likeness (QED) is 0.558. The zero-order chi connectivity index (χ0) is 12.2. The summed E-state index contributed by atoms with van der Waals surface area (Å²) in [6.07, 6.45) is 4.75. The lowest BCUT2D eigenvalue weighted by Crippen LogP contribution is -2.43. The van der Waals surface area contributed by atoms with Crippen LogP contribution < -0.4 is 0 Å². The van der Waals surface area contributed by atoms with E-state index in [1.54, 1.807) is 0 Å². The highest BCUT2D eigenvalue weighted by Crippen LogP contribution is 2.63. The van der Waals surface area contributed by atoms with Crippen molar-refractivity contribution in [1.29, 1.82) is 0 Å². The zero-order valence-electron chi connectivity index (χ0n) is 11.2. The van der Waals surface area contributed by atoms with Crippen LogP contribution in [0.4, 0.5) is 0 Å². The lowest BCUT2D eigenvalue weighted by molar-refractivity contribution is -0.112. The highest BCUT2D eigenvalue weighted by Gasteiger charge is 2.61. The van der Waals surface area contributed by atoms with E-state index < -0.39 is 8.32 Å². The van der Waals surface area contributed by atoms with Crippen molar-refractivity contribution in [2.24, 2.45) is 11.3 Å². The Morgan fingerprint density at radius 2 is 1.94 bits per heavy atom. The van der Waals surface area contributed by atoms with Crippen molar-refractivity contribution in [3.63, 3.8) is 0 Å². The van der Waals surface area contributed by atoms with Crippen molar-refractivity contribution in [2.75, 3.05) is 0 Å². The number of fused-ring (bicyclic) bond motifs is 1. The lowest BCUT2D eigenvalue weighted by atomic mass is 10.1. The summed E-state index contributed by atoms with van der Waals surface area (Å²) in [7, 11) is -1.64. The molecule has 0 unspecified atom stereocenters. The predicted molar refractivity (Wildman–Crippen MR) is 67.9 cm³/mol. The molecule has 0 aromatic rings. The first-order chi connectivity index (χ1) is 7.20. The van der Waals surface area contributed by atoms with Crippen LogP contribution in [-0.2, 0) is 9.22 Å². The van der Waals surface area contributed by atoms with Crippen LogP contribution in [0.3, 0.4) is 0 Å². The van der Waals surface area contributed by atoms with Gasteiger partial charge in [0.2, 0.25) is 0 Å². The minimum atomic E-state index is -1.64. The van der Waals surface area contributed by atoms with Gasteiger partial charge in [-0.05, 0) is 43.3 Å². The largest absolute Gasteiger partial charge is 0.414 e. The normalized spacial score (nSPS) is 38.3. The summed E-state index contributed by atoms with van der Waals surface area (Å²) in [5.74, 6) is 0.639. The molecule has 0 amide bonds. The van der Waals surface area contributed by atoms with Gasteiger partial charge in [-0.3, -0.25) is 0 Å². The van der Waals surface area contributed by atoms with E-state index in [1.165, 1.54) is 6.29 Å². The van der Waals surface area contributed by atoms with Gasteiger partial charge >= 0.3 is 0 Å². The van der Waals surface area contributed by atoms with Crippen LogP contribution in [-0.4, -0.2) is 20.7 Å². The van der Waals surface area contributed by atoms with E-state index in [0.717, 1.165) is 19.3 Å². The Kier molecular flexibility index (Phi) is 2.63. The average molecular weight is 240 g/mol. The molecule has 3 atom stereocenters. The molecule has 0 aromatic heterocycles. The maximum Gasteiger partial charge on any atom is 0.192 e. The highest BCUT2D eigenvalue weighted by atomic mass is 28.4. The molecular weight excluding hydrogens is 216 g/mol. The molecule has 16 heavy (non-hydrogen) atoms. The van der Waals surface area contributed by atoms with Crippen molar-refractivity contribution in [2.45, 2.75) is 64.3 Å². The van der Waals surface area contributed by atoms with Crippen LogP contribution >= 0.6 is 0 Å². The summed E-state index contributed by atoms with van der Waals surface area (Å²) in [6, 6.07) is 0. The van der Waals surface area contributed by atoms with Crippen LogP contribution in [0.25, 0.3) is 0 Å². The first-order valence-corrected chi connectivity index (χ1v) is 9.25. The number of hydrogen-bond acceptors (Lipinski definition) is 2. The van der Waals surface area contributed by atoms with Crippen molar-refractivity contribution in [3.8, 4) is 0 Å². The monoisotopic (exact) mass is 240 g/mol. The van der Waals surface area contributed by atoms with Crippen LogP contribution in [0.15, 0.2) is 0 Å². The Labute approximate surface area is 99.9 Å². The molecule has 0 bridgehead atoms. The van der Waals surface area contributed by atoms with E-state index >= 15 is 0 Å². The van der Waals surface area contributed by atoms with Crippen LogP contribution in [0.1, 0.15) is 40.0 Å². The van der Waals surface area contributed by atoms with Crippen LogP contribution in [0.2, 0.25) is 18.1 Å². The SMILES string of the molecule is CC(C)(C)[Si](C)(C)O[C@@H]1C[C@@H]2C[C@]2(C=O)C1. The molecule has 2 aliphatic carbocycles. The number of aldehydes is 1. The van der Waals surface area contributed by atoms with E-state index in [1.807, 2.05) is 0 Å². The summed E-state index contributed by atoms with van der Waals surface area (Å²) < 4.78 is 6.37. The van der Waals surface area contributed by atoms with Crippen LogP contribution in [0, 0.1) is 11.3 Å². The molecule has 2 saturated carbocycles. The third kappa shape index (κ3) is 1.88. The summed E-state index contributed by atoms with van der Waals surface area (Å²) in [5.41, 5.74) is 0.0348. The predicted octanol–water partition coefficient (Wildman–Crippen LogP) is 3.38. The summed E-state index contributed by atoms with van der Waals surface area (Å²) in [4.78, 5) is 11.0. The van der Waals surface area contributed by atoms with E-state index in [9.17, 15) is 4.79 Å². The fourth-order valence-electron chi connectivity index (χ4n) is 2.67. The first-order valence-electron chi connectivity index (χ1n) is 6.34. The molecule has 0 aliphatic heterocycles. The molecule has 0 heterocycles. The molecule has 0 radical (unpaired) electrons. The van der Waals surface area contributed by atoms with Gasteiger partial charge in [0.1, 0.15) is 6.29 Å². The topological polar surface area (TPSA) is 26.3 Å². The number of carbonyl (C=O) groups is 1. The van der Waals surface area contributed by atoms with Gasteiger partial charge in [0.15, 0.2) is 8.32 Å². The second-order valence-corrected chi connectivity index (χ2v) is 11.9. The Bertz CT molecular complexity index is 306. The van der Waals surface area contributed by atoms with Gasteiger partial charge in [-0.2, -0.15) is 0 Å². The summed E-state index contributed by atoms with van der Waals surface area (Å²) in [6.45, 7) is 11.4. The Morgan fingerprint density at radius 3 is 2.38 bits per heavy atom. The zero-order valence-corrected chi connectivity index (χ0v) is 12.2. The maximum absolute atomic E-state index is 11.0. The fraction of sp³-hybridized carbons (Fsp3) is 0.923. The average Bonchev–Trinajstić information content (AvgIpc) is 2.67. The Balaban J connectivity index is 1.96. The second kappa shape index (κ2) is 3.42. The maximum atomic E-state index is 11.0. The van der Waals surface area contributed by atoms with Gasteiger partial charge in [-0.1, -0.05) is 20.8 Å². The summed E-state index contributed by atoms with van der Waals surface area (Å²) in [5, 5.41) is 0.272. The lowest BCUT2D eigenvalue weighted by Gasteiger charge is -2.39. The molecule has 0 saturated heterocycles. The second-order valence-electron chi connectivity index (χ2n) is 7.19. The van der Waals surface area contributed by atoms with Gasteiger partial charge in [0.05, 0.1) is 0 Å². The smallest absolute Gasteiger partial charge is 0.192 e. The van der Waals surface area contributed by atoms with Crippen molar-refractivity contribution in [1.82, 2.24) is 0 Å². The third-order valence-corrected chi connectivity index (χ3v) is 9.47. The van der Waals surface area contributed by atoms with Crippen molar-refractivity contribution >= 4 is 14.6 Å². The molecule has 2 fully saturated rings. The third-order valence-electron chi connectivity index (χ3n) is 4.94. The van der Waals surface area contributed by atoms with Gasteiger partial charge in [-0.25, -0.2) is 0 Å². The summed E-state index contributed by atoms with van der Waals surface area (Å²) >= 11 is 0. The van der Waals surface area contributed by atoms with Gasteiger partial charge in [-0.15, -0.1) is 0 Å². The minimum Gasteiger partial charge on any atom is -0.414 e. The number of carbonyl (C=O) groups excluding carboxylic acids is 1. The van der Waals surface area contributed by atoms with Gasteiger partial charge < -0.3 is 9.22 Å². The molecule has 0 N–H and O–H groups in total. The van der Waals surface area contributed by atoms with E-state index in [-0.39, 0.29) is 10.5 Å². The fourth-order valence-corrected chi connectivity index (χ4v) is 4.03. The molecular formula is C13H24O2Si. The number of hydrogen-bond donors (Lipinski definition) is 0. The standard InChI is InChI=1S/C13H24O2Si/c1-12(2,3)16(4,5)15-11-6-10-7-13(10,8-11)9-14/h9-11H,6-8H2,1-5H3/t10-,11-,13-/m1/s1. The molecule has 3 heteroatoms. The molecule has 92 valence electrons. The van der Waals surface area contributed by atoms with Gasteiger partial charge in [0, 0.05) is 11.5 Å².